The van der Waals surface area contributed by atoms with Gasteiger partial charge in [0.2, 0.25) is 0 Å². The van der Waals surface area contributed by atoms with Crippen molar-refractivity contribution in [1.29, 1.82) is 0 Å². The zero-order chi connectivity index (χ0) is 11.5. The number of amides is 1. The van der Waals surface area contributed by atoms with E-state index in [1.165, 1.54) is 0 Å². The molecule has 0 radical (unpaired) electrons. The summed E-state index contributed by atoms with van der Waals surface area (Å²) >= 11 is 0. The normalized spacial score (nSPS) is 10.1. The lowest BCUT2D eigenvalue weighted by molar-refractivity contribution is 0.100. The Morgan fingerprint density at radius 2 is 2.00 bits per heavy atom. The van der Waals surface area contributed by atoms with Gasteiger partial charge in [0.15, 0.2) is 0 Å². The molecule has 0 spiro atoms. The van der Waals surface area contributed by atoms with Crippen molar-refractivity contribution in [3.8, 4) is 16.9 Å². The number of primary amides is 1. The molecule has 82 valence electrons. The predicted molar refractivity (Wildman–Crippen MR) is 61.3 cm³/mol. The topological polar surface area (TPSA) is 68.1 Å². The Hall–Kier alpha value is -2.23. The first-order valence-corrected chi connectivity index (χ1v) is 4.84. The third kappa shape index (κ3) is 1.65. The number of rotatable bonds is 3. The van der Waals surface area contributed by atoms with Gasteiger partial charge in [-0.3, -0.25) is 4.79 Å². The second kappa shape index (κ2) is 4.10. The molecule has 2 rings (SSSR count). The molecule has 0 bridgehead atoms. The van der Waals surface area contributed by atoms with Gasteiger partial charge < -0.3 is 15.5 Å². The van der Waals surface area contributed by atoms with Crippen molar-refractivity contribution in [3.63, 3.8) is 0 Å². The lowest BCUT2D eigenvalue weighted by Crippen LogP contribution is -2.10. The van der Waals surface area contributed by atoms with Gasteiger partial charge in [0.05, 0.1) is 12.7 Å². The number of aromatic amines is 1. The zero-order valence-corrected chi connectivity index (χ0v) is 8.86. The number of carbonyl (C=O) groups is 1. The van der Waals surface area contributed by atoms with Crippen LogP contribution in [-0.2, 0) is 0 Å². The first-order chi connectivity index (χ1) is 7.74. The van der Waals surface area contributed by atoms with E-state index in [-0.39, 0.29) is 0 Å². The molecule has 0 saturated heterocycles. The highest BCUT2D eigenvalue weighted by atomic mass is 16.5. The minimum absolute atomic E-state index is 0.456. The van der Waals surface area contributed by atoms with Crippen molar-refractivity contribution in [1.82, 2.24) is 4.98 Å². The molecule has 0 aliphatic carbocycles. The van der Waals surface area contributed by atoms with Crippen LogP contribution < -0.4 is 10.5 Å². The maximum absolute atomic E-state index is 11.2. The van der Waals surface area contributed by atoms with Crippen LogP contribution in [0, 0.1) is 0 Å². The Bertz CT molecular complexity index is 517. The summed E-state index contributed by atoms with van der Waals surface area (Å²) in [5.41, 5.74) is 7.35. The Labute approximate surface area is 93.0 Å². The molecule has 0 aliphatic heterocycles. The van der Waals surface area contributed by atoms with Crippen molar-refractivity contribution < 1.29 is 9.53 Å². The van der Waals surface area contributed by atoms with Crippen LogP contribution in [0.4, 0.5) is 0 Å². The minimum atomic E-state index is -0.456. The van der Waals surface area contributed by atoms with E-state index in [2.05, 4.69) is 4.98 Å². The van der Waals surface area contributed by atoms with E-state index in [0.29, 0.717) is 11.3 Å². The largest absolute Gasteiger partial charge is 0.496 e. The van der Waals surface area contributed by atoms with Gasteiger partial charge >= 0.3 is 0 Å². The third-order valence-corrected chi connectivity index (χ3v) is 2.41. The van der Waals surface area contributed by atoms with E-state index in [4.69, 9.17) is 10.5 Å². The van der Waals surface area contributed by atoms with Crippen molar-refractivity contribution in [2.45, 2.75) is 0 Å². The quantitative estimate of drug-likeness (QED) is 0.821. The average molecular weight is 216 g/mol. The first kappa shape index (κ1) is 10.3. The van der Waals surface area contributed by atoms with Crippen LogP contribution >= 0.6 is 0 Å². The van der Waals surface area contributed by atoms with E-state index in [9.17, 15) is 4.79 Å². The number of carbonyl (C=O) groups excluding carboxylic acids is 1. The molecule has 4 heteroatoms. The number of nitrogens with one attached hydrogen (secondary N) is 1. The number of ether oxygens (including phenoxy) is 1. The SMILES string of the molecule is COc1ccccc1-c1c[nH]cc1C(N)=O. The van der Waals surface area contributed by atoms with Gasteiger partial charge in [0, 0.05) is 23.5 Å². The summed E-state index contributed by atoms with van der Waals surface area (Å²) in [4.78, 5) is 14.1. The summed E-state index contributed by atoms with van der Waals surface area (Å²) in [6, 6.07) is 7.48. The monoisotopic (exact) mass is 216 g/mol. The molecule has 2 aromatic rings. The molecular formula is C12H12N2O2. The van der Waals surface area contributed by atoms with E-state index in [1.807, 2.05) is 24.3 Å². The van der Waals surface area contributed by atoms with Crippen molar-refractivity contribution in [3.05, 3.63) is 42.2 Å². The Morgan fingerprint density at radius 1 is 1.25 bits per heavy atom. The lowest BCUT2D eigenvalue weighted by Gasteiger charge is -2.07. The van der Waals surface area contributed by atoms with Crippen LogP contribution in [-0.4, -0.2) is 18.0 Å². The van der Waals surface area contributed by atoms with Crippen LogP contribution in [0.2, 0.25) is 0 Å². The molecule has 1 aromatic carbocycles. The second-order valence-electron chi connectivity index (χ2n) is 3.35. The van der Waals surface area contributed by atoms with Crippen LogP contribution in [0.1, 0.15) is 10.4 Å². The van der Waals surface area contributed by atoms with Gasteiger partial charge in [-0.2, -0.15) is 0 Å². The zero-order valence-electron chi connectivity index (χ0n) is 8.86. The molecular weight excluding hydrogens is 204 g/mol. The number of para-hydroxylation sites is 1. The summed E-state index contributed by atoms with van der Waals surface area (Å²) in [6.07, 6.45) is 3.32. The van der Waals surface area contributed by atoms with E-state index in [1.54, 1.807) is 19.5 Å². The number of hydrogen-bond acceptors (Lipinski definition) is 2. The predicted octanol–water partition coefficient (Wildman–Crippen LogP) is 1.79. The fourth-order valence-corrected chi connectivity index (χ4v) is 1.66. The summed E-state index contributed by atoms with van der Waals surface area (Å²) in [5, 5.41) is 0. The molecule has 1 amide bonds. The lowest BCUT2D eigenvalue weighted by atomic mass is 10.0. The van der Waals surface area contributed by atoms with Crippen molar-refractivity contribution in [2.75, 3.05) is 7.11 Å². The van der Waals surface area contributed by atoms with Crippen LogP contribution in [0.5, 0.6) is 5.75 Å². The van der Waals surface area contributed by atoms with Crippen molar-refractivity contribution in [2.24, 2.45) is 5.73 Å². The average Bonchev–Trinajstić information content (AvgIpc) is 2.77. The summed E-state index contributed by atoms with van der Waals surface area (Å²) in [7, 11) is 1.59. The second-order valence-corrected chi connectivity index (χ2v) is 3.35. The van der Waals surface area contributed by atoms with Gasteiger partial charge in [-0.05, 0) is 6.07 Å². The van der Waals surface area contributed by atoms with Crippen LogP contribution in [0.3, 0.4) is 0 Å². The van der Waals surface area contributed by atoms with Gasteiger partial charge in [0.1, 0.15) is 5.75 Å². The highest BCUT2D eigenvalue weighted by Crippen LogP contribution is 2.31. The first-order valence-electron chi connectivity index (χ1n) is 4.84. The number of H-pyrrole nitrogens is 1. The molecule has 0 aliphatic rings. The molecule has 0 atom stereocenters. The Morgan fingerprint density at radius 3 is 2.69 bits per heavy atom. The molecule has 4 nitrogen and oxygen atoms in total. The maximum atomic E-state index is 11.2. The van der Waals surface area contributed by atoms with Crippen LogP contribution in [0.25, 0.3) is 11.1 Å². The Balaban J connectivity index is 2.58. The fraction of sp³-hybridized carbons (Fsp3) is 0.0833. The molecule has 0 fully saturated rings. The Kier molecular flexibility index (Phi) is 2.64. The summed E-state index contributed by atoms with van der Waals surface area (Å²) < 4.78 is 5.24. The summed E-state index contributed by atoms with van der Waals surface area (Å²) in [5.74, 6) is 0.256. The van der Waals surface area contributed by atoms with Gasteiger partial charge in [0.25, 0.3) is 5.91 Å². The van der Waals surface area contributed by atoms with E-state index >= 15 is 0 Å². The third-order valence-electron chi connectivity index (χ3n) is 2.41. The number of hydrogen-bond donors (Lipinski definition) is 2. The number of nitrogens with two attached hydrogens (primary N) is 1. The molecule has 3 N–H and O–H groups in total. The fourth-order valence-electron chi connectivity index (χ4n) is 1.66. The number of methoxy groups -OCH3 is 1. The maximum Gasteiger partial charge on any atom is 0.250 e. The highest BCUT2D eigenvalue weighted by Gasteiger charge is 2.13. The minimum Gasteiger partial charge on any atom is -0.496 e. The van der Waals surface area contributed by atoms with Gasteiger partial charge in [-0.1, -0.05) is 18.2 Å². The van der Waals surface area contributed by atoms with Crippen molar-refractivity contribution >= 4 is 5.91 Å². The molecule has 0 saturated carbocycles. The molecule has 16 heavy (non-hydrogen) atoms. The summed E-state index contributed by atoms with van der Waals surface area (Å²) in [6.45, 7) is 0. The molecule has 0 unspecified atom stereocenters. The number of benzene rings is 1. The highest BCUT2D eigenvalue weighted by molar-refractivity contribution is 6.00. The van der Waals surface area contributed by atoms with Crippen LogP contribution in [0.15, 0.2) is 36.7 Å². The van der Waals surface area contributed by atoms with Gasteiger partial charge in [-0.25, -0.2) is 0 Å². The van der Waals surface area contributed by atoms with Gasteiger partial charge in [-0.15, -0.1) is 0 Å². The van der Waals surface area contributed by atoms with E-state index in [0.717, 1.165) is 11.1 Å². The van der Waals surface area contributed by atoms with E-state index < -0.39 is 5.91 Å². The standard InChI is InChI=1S/C12H12N2O2/c1-16-11-5-3-2-4-8(11)9-6-14-7-10(9)12(13)15/h2-7,14H,1H3,(H2,13,15). The molecule has 1 heterocycles. The smallest absolute Gasteiger partial charge is 0.250 e. The number of aromatic nitrogens is 1. The molecule has 1 aromatic heterocycles.